The molecule has 0 saturated heterocycles. The first-order valence-electron chi connectivity index (χ1n) is 9.09. The maximum atomic E-state index is 12.6. The van der Waals surface area contributed by atoms with E-state index in [2.05, 4.69) is 31.4 Å². The van der Waals surface area contributed by atoms with Gasteiger partial charge in [0.05, 0.1) is 17.3 Å². The van der Waals surface area contributed by atoms with E-state index >= 15 is 0 Å². The third-order valence-electron chi connectivity index (χ3n) is 4.38. The van der Waals surface area contributed by atoms with Gasteiger partial charge in [0.15, 0.2) is 0 Å². The number of nitrogens with one attached hydrogen (secondary N) is 2. The van der Waals surface area contributed by atoms with E-state index in [4.69, 9.17) is 5.26 Å². The van der Waals surface area contributed by atoms with Crippen molar-refractivity contribution in [2.24, 2.45) is 0 Å². The second-order valence-electron chi connectivity index (χ2n) is 7.59. The highest BCUT2D eigenvalue weighted by atomic mass is 32.1. The lowest BCUT2D eigenvalue weighted by Gasteiger charge is -2.19. The summed E-state index contributed by atoms with van der Waals surface area (Å²) in [4.78, 5) is 25.6. The molecule has 0 spiro atoms. The van der Waals surface area contributed by atoms with Crippen molar-refractivity contribution < 1.29 is 9.59 Å². The molecule has 5 nitrogen and oxygen atoms in total. The number of thiophene rings is 1. The minimum absolute atomic E-state index is 0.0104. The van der Waals surface area contributed by atoms with Gasteiger partial charge in [-0.15, -0.1) is 11.3 Å². The molecule has 1 aromatic heterocycles. The summed E-state index contributed by atoms with van der Waals surface area (Å²) >= 11 is 1.24. The Labute approximate surface area is 174 Å². The molecule has 0 aliphatic rings. The van der Waals surface area contributed by atoms with Gasteiger partial charge in [-0.05, 0) is 52.8 Å². The molecule has 2 N–H and O–H groups in total. The number of nitriles is 1. The van der Waals surface area contributed by atoms with Gasteiger partial charge >= 0.3 is 0 Å². The smallest absolute Gasteiger partial charge is 0.267 e. The van der Waals surface area contributed by atoms with Crippen LogP contribution in [-0.4, -0.2) is 11.8 Å². The van der Waals surface area contributed by atoms with Gasteiger partial charge in [-0.25, -0.2) is 0 Å². The maximum absolute atomic E-state index is 12.6. The number of benzene rings is 2. The SMILES string of the molecule is CC(C)(C)c1ccc(C(=O)Nc2ccsc2C(=O)Nc2cccc(C#N)c2)cc1. The number of hydrogen-bond acceptors (Lipinski definition) is 4. The van der Waals surface area contributed by atoms with Crippen molar-refractivity contribution in [1.82, 2.24) is 0 Å². The minimum Gasteiger partial charge on any atom is -0.321 e. The minimum atomic E-state index is -0.339. The quantitative estimate of drug-likeness (QED) is 0.610. The number of carbonyl (C=O) groups excluding carboxylic acids is 2. The van der Waals surface area contributed by atoms with Crippen LogP contribution in [-0.2, 0) is 5.41 Å². The molecular weight excluding hydrogens is 382 g/mol. The zero-order chi connectivity index (χ0) is 21.0. The molecule has 0 atom stereocenters. The third kappa shape index (κ3) is 4.89. The van der Waals surface area contributed by atoms with Crippen LogP contribution < -0.4 is 10.6 Å². The lowest BCUT2D eigenvalue weighted by Crippen LogP contribution is -2.17. The van der Waals surface area contributed by atoms with Crippen LogP contribution in [0.25, 0.3) is 0 Å². The Bertz CT molecular complexity index is 1090. The molecule has 0 unspecified atom stereocenters. The second kappa shape index (κ2) is 8.29. The molecule has 1 heterocycles. The Kier molecular flexibility index (Phi) is 5.81. The summed E-state index contributed by atoms with van der Waals surface area (Å²) in [7, 11) is 0. The fraction of sp³-hybridized carbons (Fsp3) is 0.174. The first-order valence-corrected chi connectivity index (χ1v) is 9.97. The van der Waals surface area contributed by atoms with Crippen molar-refractivity contribution in [3.63, 3.8) is 0 Å². The Hall–Kier alpha value is -3.43. The molecule has 0 radical (unpaired) electrons. The van der Waals surface area contributed by atoms with Crippen LogP contribution in [0.1, 0.15) is 51.9 Å². The lowest BCUT2D eigenvalue weighted by atomic mass is 9.87. The summed E-state index contributed by atoms with van der Waals surface area (Å²) in [6.07, 6.45) is 0. The highest BCUT2D eigenvalue weighted by molar-refractivity contribution is 7.12. The summed E-state index contributed by atoms with van der Waals surface area (Å²) in [5.74, 6) is -0.613. The molecule has 0 aliphatic heterocycles. The molecule has 29 heavy (non-hydrogen) atoms. The predicted molar refractivity (Wildman–Crippen MR) is 117 cm³/mol. The number of hydrogen-bond donors (Lipinski definition) is 2. The van der Waals surface area contributed by atoms with Gasteiger partial charge in [0.1, 0.15) is 4.88 Å². The monoisotopic (exact) mass is 403 g/mol. The summed E-state index contributed by atoms with van der Waals surface area (Å²) in [6.45, 7) is 6.35. The van der Waals surface area contributed by atoms with Crippen LogP contribution in [0.2, 0.25) is 0 Å². The van der Waals surface area contributed by atoms with E-state index in [1.54, 1.807) is 47.8 Å². The zero-order valence-electron chi connectivity index (χ0n) is 16.4. The largest absolute Gasteiger partial charge is 0.321 e. The number of anilines is 2. The van der Waals surface area contributed by atoms with E-state index < -0.39 is 0 Å². The van der Waals surface area contributed by atoms with Gasteiger partial charge in [-0.1, -0.05) is 39.0 Å². The summed E-state index contributed by atoms with van der Waals surface area (Å²) in [5.41, 5.74) is 3.12. The molecule has 2 aromatic carbocycles. The second-order valence-corrected chi connectivity index (χ2v) is 8.51. The highest BCUT2D eigenvalue weighted by Crippen LogP contribution is 2.26. The Morgan fingerprint density at radius 3 is 2.34 bits per heavy atom. The van der Waals surface area contributed by atoms with E-state index in [0.29, 0.717) is 27.4 Å². The molecule has 2 amide bonds. The van der Waals surface area contributed by atoms with Gasteiger partial charge in [-0.2, -0.15) is 5.26 Å². The number of rotatable bonds is 4. The average Bonchev–Trinajstić information content (AvgIpc) is 3.15. The number of carbonyl (C=O) groups is 2. The van der Waals surface area contributed by atoms with Gasteiger partial charge in [-0.3, -0.25) is 9.59 Å². The van der Waals surface area contributed by atoms with Crippen LogP contribution in [0, 0.1) is 11.3 Å². The Morgan fingerprint density at radius 2 is 1.69 bits per heavy atom. The summed E-state index contributed by atoms with van der Waals surface area (Å²) < 4.78 is 0. The Balaban J connectivity index is 1.73. The predicted octanol–water partition coefficient (Wildman–Crippen LogP) is 5.42. The third-order valence-corrected chi connectivity index (χ3v) is 5.30. The van der Waals surface area contributed by atoms with E-state index in [0.717, 1.165) is 5.56 Å². The molecule has 0 aliphatic carbocycles. The van der Waals surface area contributed by atoms with Gasteiger partial charge < -0.3 is 10.6 Å². The Morgan fingerprint density at radius 1 is 0.966 bits per heavy atom. The number of amides is 2. The van der Waals surface area contributed by atoms with Crippen molar-refractivity contribution in [3.8, 4) is 6.07 Å². The van der Waals surface area contributed by atoms with Crippen LogP contribution in [0.15, 0.2) is 60.0 Å². The van der Waals surface area contributed by atoms with Crippen LogP contribution in [0.5, 0.6) is 0 Å². The van der Waals surface area contributed by atoms with E-state index in [1.165, 1.54) is 11.3 Å². The first kappa shape index (κ1) is 20.3. The van der Waals surface area contributed by atoms with Crippen LogP contribution >= 0.6 is 11.3 Å². The molecule has 3 aromatic rings. The normalized spacial score (nSPS) is 10.8. The fourth-order valence-corrected chi connectivity index (χ4v) is 3.50. The standard InChI is InChI=1S/C23H21N3O2S/c1-23(2,3)17-9-7-16(8-10-17)21(27)26-19-11-12-29-20(19)22(28)25-18-6-4-5-15(13-18)14-24/h4-13H,1-3H3,(H,25,28)(H,26,27). The van der Waals surface area contributed by atoms with Crippen molar-refractivity contribution in [2.75, 3.05) is 10.6 Å². The molecule has 0 fully saturated rings. The van der Waals surface area contributed by atoms with Gasteiger partial charge in [0.2, 0.25) is 0 Å². The first-order chi connectivity index (χ1) is 13.8. The van der Waals surface area contributed by atoms with E-state index in [1.807, 2.05) is 18.2 Å². The van der Waals surface area contributed by atoms with Crippen molar-refractivity contribution >= 4 is 34.5 Å². The highest BCUT2D eigenvalue weighted by Gasteiger charge is 2.18. The summed E-state index contributed by atoms with van der Waals surface area (Å²) in [5, 5.41) is 16.3. The fourth-order valence-electron chi connectivity index (χ4n) is 2.75. The molecule has 6 heteroatoms. The van der Waals surface area contributed by atoms with E-state index in [-0.39, 0.29) is 17.2 Å². The molecule has 0 bridgehead atoms. The van der Waals surface area contributed by atoms with Crippen molar-refractivity contribution in [1.29, 1.82) is 5.26 Å². The van der Waals surface area contributed by atoms with Crippen molar-refractivity contribution in [3.05, 3.63) is 81.5 Å². The molecule has 146 valence electrons. The van der Waals surface area contributed by atoms with Crippen LogP contribution in [0.4, 0.5) is 11.4 Å². The van der Waals surface area contributed by atoms with Gasteiger partial charge in [0.25, 0.3) is 11.8 Å². The van der Waals surface area contributed by atoms with Gasteiger partial charge in [0, 0.05) is 11.3 Å². The topological polar surface area (TPSA) is 82.0 Å². The maximum Gasteiger partial charge on any atom is 0.267 e. The van der Waals surface area contributed by atoms with Crippen molar-refractivity contribution in [2.45, 2.75) is 26.2 Å². The summed E-state index contributed by atoms with van der Waals surface area (Å²) in [6, 6.07) is 17.9. The molecular formula is C23H21N3O2S. The molecule has 0 saturated carbocycles. The number of nitrogens with zero attached hydrogens (tertiary/aromatic N) is 1. The lowest BCUT2D eigenvalue weighted by molar-refractivity contribution is 0.102. The zero-order valence-corrected chi connectivity index (χ0v) is 17.3. The molecule has 3 rings (SSSR count). The van der Waals surface area contributed by atoms with Crippen LogP contribution in [0.3, 0.4) is 0 Å². The van der Waals surface area contributed by atoms with E-state index in [9.17, 15) is 9.59 Å². The average molecular weight is 404 g/mol.